The predicted molar refractivity (Wildman–Crippen MR) is 94.2 cm³/mol. The first-order valence-corrected chi connectivity index (χ1v) is 8.10. The number of benzene rings is 1. The first-order valence-electron chi connectivity index (χ1n) is 8.10. The predicted octanol–water partition coefficient (Wildman–Crippen LogP) is 4.47. The summed E-state index contributed by atoms with van der Waals surface area (Å²) in [4.78, 5) is 12.9. The number of aromatic amines is 1. The van der Waals surface area contributed by atoms with Gasteiger partial charge >= 0.3 is 0 Å². The van der Waals surface area contributed by atoms with Crippen molar-refractivity contribution in [2.75, 3.05) is 0 Å². The summed E-state index contributed by atoms with van der Waals surface area (Å²) in [6.45, 7) is 6.34. The fraction of sp³-hybridized carbons (Fsp3) is 0.263. The van der Waals surface area contributed by atoms with E-state index in [0.717, 1.165) is 46.7 Å². The Morgan fingerprint density at radius 2 is 1.96 bits per heavy atom. The van der Waals surface area contributed by atoms with Crippen molar-refractivity contribution in [1.29, 1.82) is 0 Å². The highest BCUT2D eigenvalue weighted by molar-refractivity contribution is 5.83. The van der Waals surface area contributed by atoms with Crippen LogP contribution < -0.4 is 0 Å². The Bertz CT molecular complexity index is 1010. The average molecular weight is 304 g/mol. The normalized spacial score (nSPS) is 11.6. The molecule has 1 N–H and O–H groups in total. The largest absolute Gasteiger partial charge is 0.361 e. The number of imidazole rings is 1. The van der Waals surface area contributed by atoms with Crippen LogP contribution in [0.25, 0.3) is 27.8 Å². The molecule has 0 unspecified atom stereocenters. The second-order valence-corrected chi connectivity index (χ2v) is 6.12. The third-order valence-corrected chi connectivity index (χ3v) is 4.27. The van der Waals surface area contributed by atoms with Gasteiger partial charge in [0.2, 0.25) is 0 Å². The van der Waals surface area contributed by atoms with Gasteiger partial charge in [0.25, 0.3) is 0 Å². The van der Waals surface area contributed by atoms with Crippen LogP contribution in [-0.2, 0) is 6.42 Å². The number of nitrogens with zero attached hydrogens (tertiary/aromatic N) is 3. The zero-order chi connectivity index (χ0) is 16.0. The van der Waals surface area contributed by atoms with Crippen LogP contribution in [0.3, 0.4) is 0 Å². The van der Waals surface area contributed by atoms with Crippen LogP contribution in [0.1, 0.15) is 30.4 Å². The second-order valence-electron chi connectivity index (χ2n) is 6.12. The molecule has 23 heavy (non-hydrogen) atoms. The summed E-state index contributed by atoms with van der Waals surface area (Å²) in [5.74, 6) is 1.08. The minimum Gasteiger partial charge on any atom is -0.361 e. The molecule has 3 aromatic heterocycles. The summed E-state index contributed by atoms with van der Waals surface area (Å²) in [5, 5.41) is 1.20. The average Bonchev–Trinajstić information content (AvgIpc) is 3.11. The van der Waals surface area contributed by atoms with Gasteiger partial charge in [-0.05, 0) is 56.2 Å². The molecule has 0 bridgehead atoms. The van der Waals surface area contributed by atoms with Gasteiger partial charge in [-0.3, -0.25) is 4.57 Å². The number of rotatable bonds is 3. The van der Waals surface area contributed by atoms with Crippen molar-refractivity contribution in [3.63, 3.8) is 0 Å². The summed E-state index contributed by atoms with van der Waals surface area (Å²) >= 11 is 0. The van der Waals surface area contributed by atoms with E-state index in [1.807, 2.05) is 13.1 Å². The molecule has 0 fully saturated rings. The number of hydrogen-bond acceptors (Lipinski definition) is 2. The Morgan fingerprint density at radius 3 is 2.78 bits per heavy atom. The highest BCUT2D eigenvalue weighted by atomic mass is 15.1. The lowest BCUT2D eigenvalue weighted by Gasteiger charge is -2.09. The fourth-order valence-electron chi connectivity index (χ4n) is 3.25. The molecule has 4 aromatic rings. The molecule has 1 aromatic carbocycles. The topological polar surface area (TPSA) is 46.5 Å². The van der Waals surface area contributed by atoms with Gasteiger partial charge in [-0.15, -0.1) is 0 Å². The van der Waals surface area contributed by atoms with Crippen molar-refractivity contribution < 1.29 is 0 Å². The van der Waals surface area contributed by atoms with Gasteiger partial charge in [-0.25, -0.2) is 9.97 Å². The Morgan fingerprint density at radius 1 is 1.09 bits per heavy atom. The number of H-pyrrole nitrogens is 1. The molecule has 0 radical (unpaired) electrons. The quantitative estimate of drug-likeness (QED) is 0.607. The first kappa shape index (κ1) is 14.0. The lowest BCUT2D eigenvalue weighted by Crippen LogP contribution is -2.02. The van der Waals surface area contributed by atoms with Crippen LogP contribution in [0.4, 0.5) is 0 Å². The van der Waals surface area contributed by atoms with Crippen LogP contribution in [-0.4, -0.2) is 19.5 Å². The Kier molecular flexibility index (Phi) is 3.18. The number of pyridine rings is 1. The Labute approximate surface area is 135 Å². The molecule has 0 atom stereocenters. The lowest BCUT2D eigenvalue weighted by molar-refractivity contribution is 0.815. The van der Waals surface area contributed by atoms with Crippen molar-refractivity contribution in [2.45, 2.75) is 33.6 Å². The molecule has 0 aliphatic heterocycles. The molecule has 4 rings (SSSR count). The highest BCUT2D eigenvalue weighted by Crippen LogP contribution is 2.26. The Hall–Kier alpha value is -2.62. The summed E-state index contributed by atoms with van der Waals surface area (Å²) in [6.07, 6.45) is 3.98. The van der Waals surface area contributed by atoms with Gasteiger partial charge in [0.05, 0.1) is 0 Å². The van der Waals surface area contributed by atoms with Crippen LogP contribution in [0.5, 0.6) is 0 Å². The van der Waals surface area contributed by atoms with E-state index in [1.54, 1.807) is 0 Å². The third kappa shape index (κ3) is 2.22. The lowest BCUT2D eigenvalue weighted by atomic mass is 10.2. The summed E-state index contributed by atoms with van der Waals surface area (Å²) in [6, 6.07) is 10.7. The fourth-order valence-corrected chi connectivity index (χ4v) is 3.25. The van der Waals surface area contributed by atoms with Crippen molar-refractivity contribution in [3.8, 4) is 5.69 Å². The van der Waals surface area contributed by atoms with Crippen LogP contribution in [0, 0.1) is 13.8 Å². The maximum atomic E-state index is 4.88. The van der Waals surface area contributed by atoms with E-state index in [0.29, 0.717) is 0 Å². The van der Waals surface area contributed by atoms with E-state index in [9.17, 15) is 0 Å². The van der Waals surface area contributed by atoms with E-state index in [1.165, 1.54) is 10.9 Å². The smallest absolute Gasteiger partial charge is 0.165 e. The van der Waals surface area contributed by atoms with Crippen LogP contribution >= 0.6 is 0 Å². The Balaban J connectivity index is 2.04. The van der Waals surface area contributed by atoms with Crippen molar-refractivity contribution >= 4 is 22.1 Å². The van der Waals surface area contributed by atoms with Gasteiger partial charge in [0, 0.05) is 34.9 Å². The minimum absolute atomic E-state index is 0.944. The van der Waals surface area contributed by atoms with E-state index < -0.39 is 0 Å². The summed E-state index contributed by atoms with van der Waals surface area (Å²) in [7, 11) is 0. The first-order chi connectivity index (χ1) is 11.2. The molecule has 0 saturated carbocycles. The van der Waals surface area contributed by atoms with Gasteiger partial charge in [-0.2, -0.15) is 0 Å². The highest BCUT2D eigenvalue weighted by Gasteiger charge is 2.15. The molecular formula is C19H20N4. The number of fused-ring (bicyclic) bond motifs is 2. The van der Waals surface area contributed by atoms with Crippen molar-refractivity contribution in [2.24, 2.45) is 0 Å². The molecular weight excluding hydrogens is 284 g/mol. The summed E-state index contributed by atoms with van der Waals surface area (Å²) in [5.41, 5.74) is 6.46. The monoisotopic (exact) mass is 304 g/mol. The molecule has 4 nitrogen and oxygen atoms in total. The zero-order valence-corrected chi connectivity index (χ0v) is 13.7. The molecule has 0 spiro atoms. The minimum atomic E-state index is 0.944. The number of aromatic nitrogens is 4. The number of nitrogens with one attached hydrogen (secondary N) is 1. The van der Waals surface area contributed by atoms with Crippen LogP contribution in [0.15, 0.2) is 36.5 Å². The SMILES string of the molecule is CCCc1nc2c(C)cc(C)nc2n1-c1ccc2[nH]ccc2c1. The van der Waals surface area contributed by atoms with Gasteiger partial charge in [-0.1, -0.05) is 6.92 Å². The van der Waals surface area contributed by atoms with E-state index in [2.05, 4.69) is 53.7 Å². The standard InChI is InChI=1S/C19H20N4/c1-4-5-17-22-18-12(2)10-13(3)21-19(18)23(17)15-6-7-16-14(11-15)8-9-20-16/h6-11,20H,4-5H2,1-3H3. The maximum absolute atomic E-state index is 4.88. The second kappa shape index (κ2) is 5.23. The van der Waals surface area contributed by atoms with E-state index in [-0.39, 0.29) is 0 Å². The van der Waals surface area contributed by atoms with Crippen molar-refractivity contribution in [1.82, 2.24) is 19.5 Å². The van der Waals surface area contributed by atoms with Gasteiger partial charge in [0.15, 0.2) is 5.65 Å². The molecule has 4 heteroatoms. The van der Waals surface area contributed by atoms with E-state index in [4.69, 9.17) is 9.97 Å². The molecule has 116 valence electrons. The van der Waals surface area contributed by atoms with Gasteiger partial charge < -0.3 is 4.98 Å². The van der Waals surface area contributed by atoms with Crippen molar-refractivity contribution in [3.05, 3.63) is 53.6 Å². The molecule has 3 heterocycles. The van der Waals surface area contributed by atoms with Crippen LogP contribution in [0.2, 0.25) is 0 Å². The van der Waals surface area contributed by atoms with E-state index >= 15 is 0 Å². The third-order valence-electron chi connectivity index (χ3n) is 4.27. The number of aryl methyl sites for hydroxylation is 3. The molecule has 0 aliphatic carbocycles. The molecule has 0 aliphatic rings. The summed E-state index contributed by atoms with van der Waals surface area (Å²) < 4.78 is 2.21. The zero-order valence-electron chi connectivity index (χ0n) is 13.7. The number of hydrogen-bond donors (Lipinski definition) is 1. The molecule has 0 saturated heterocycles. The molecule has 0 amide bonds. The van der Waals surface area contributed by atoms with Gasteiger partial charge in [0.1, 0.15) is 11.3 Å². The maximum Gasteiger partial charge on any atom is 0.165 e.